The van der Waals surface area contributed by atoms with Gasteiger partial charge in [0.25, 0.3) is 0 Å². The lowest BCUT2D eigenvalue weighted by molar-refractivity contribution is 0.626. The molecular weight excluding hydrogens is 797 g/mol. The summed E-state index contributed by atoms with van der Waals surface area (Å²) in [5.74, 6) is 0. The van der Waals surface area contributed by atoms with Crippen LogP contribution in [0, 0.1) is 0 Å². The molecule has 0 bridgehead atoms. The van der Waals surface area contributed by atoms with Gasteiger partial charge in [-0.15, -0.1) is 0 Å². The van der Waals surface area contributed by atoms with Crippen LogP contribution in [0.25, 0.3) is 0 Å². The van der Waals surface area contributed by atoms with Gasteiger partial charge in [-0.2, -0.15) is 0 Å². The second-order valence-corrected chi connectivity index (χ2v) is 19.7. The Bertz CT molecular complexity index is 2220. The first-order valence-corrected chi connectivity index (χ1v) is 25.3. The number of unbranched alkanes of at least 4 members (excludes halogenated alkanes) is 4. The maximum Gasteiger partial charge on any atom is 0.0461 e. The molecule has 0 fully saturated rings. The second kappa shape index (κ2) is 22.6. The monoisotopic (exact) mass is 873 g/mol. The fourth-order valence-corrected chi connectivity index (χ4v) is 9.36. The van der Waals surface area contributed by atoms with E-state index in [2.05, 4.69) is 235 Å². The number of hydrogen-bond donors (Lipinski definition) is 0. The van der Waals surface area contributed by atoms with Gasteiger partial charge in [-0.3, -0.25) is 0 Å². The van der Waals surface area contributed by atoms with E-state index in [9.17, 15) is 0 Å². The van der Waals surface area contributed by atoms with E-state index in [0.717, 1.165) is 25.7 Å². The standard InChI is InChI=1S/C64H76N2/c1-9-13-17-49-21-37-57(38-22-49)65(58-39-23-50(24-40-58)18-14-10-2)61-45-33-55(34-46-61)63(5,6)53-29-31-54(32-30-53)64(7,8)56-35-47-62(48-36-56)66(59-41-25-51(26-42-59)19-15-11-3)60-43-27-52(28-44-60)20-16-12-4/h21-48H,9-20H2,1-8H3. The molecular formula is C64H76N2. The van der Waals surface area contributed by atoms with Crippen LogP contribution in [0.3, 0.4) is 0 Å². The summed E-state index contributed by atoms with van der Waals surface area (Å²) in [5.41, 5.74) is 17.6. The summed E-state index contributed by atoms with van der Waals surface area (Å²) in [5, 5.41) is 0. The van der Waals surface area contributed by atoms with Crippen LogP contribution in [-0.2, 0) is 36.5 Å². The summed E-state index contributed by atoms with van der Waals surface area (Å²) in [7, 11) is 0. The summed E-state index contributed by atoms with van der Waals surface area (Å²) in [6.45, 7) is 18.5. The van der Waals surface area contributed by atoms with E-state index < -0.39 is 0 Å². The molecule has 7 rings (SSSR count). The van der Waals surface area contributed by atoms with Crippen LogP contribution in [-0.4, -0.2) is 0 Å². The Morgan fingerprint density at radius 1 is 0.258 bits per heavy atom. The Balaban J connectivity index is 1.11. The maximum atomic E-state index is 2.40. The lowest BCUT2D eigenvalue weighted by atomic mass is 9.74. The van der Waals surface area contributed by atoms with E-state index in [1.165, 1.54) is 130 Å². The molecule has 0 saturated carbocycles. The summed E-state index contributed by atoms with van der Waals surface area (Å²) >= 11 is 0. The highest BCUT2D eigenvalue weighted by Crippen LogP contribution is 2.41. The number of hydrogen-bond acceptors (Lipinski definition) is 2. The average Bonchev–Trinajstić information content (AvgIpc) is 3.36. The molecule has 0 amide bonds. The largest absolute Gasteiger partial charge is 0.311 e. The van der Waals surface area contributed by atoms with Gasteiger partial charge in [0.05, 0.1) is 0 Å². The summed E-state index contributed by atoms with van der Waals surface area (Å²) in [6.07, 6.45) is 14.2. The Hall–Kier alpha value is -5.86. The quantitative estimate of drug-likeness (QED) is 0.0669. The number of aryl methyl sites for hydroxylation is 4. The van der Waals surface area contributed by atoms with Crippen molar-refractivity contribution in [1.29, 1.82) is 0 Å². The summed E-state index contributed by atoms with van der Waals surface area (Å²) < 4.78 is 0. The fraction of sp³-hybridized carbons (Fsp3) is 0.344. The van der Waals surface area contributed by atoms with E-state index in [0.29, 0.717) is 0 Å². The predicted molar refractivity (Wildman–Crippen MR) is 287 cm³/mol. The van der Waals surface area contributed by atoms with Crippen molar-refractivity contribution in [3.05, 3.63) is 214 Å². The zero-order valence-electron chi connectivity index (χ0n) is 41.5. The lowest BCUT2D eigenvalue weighted by Gasteiger charge is -2.31. The third-order valence-corrected chi connectivity index (χ3v) is 14.1. The molecule has 66 heavy (non-hydrogen) atoms. The SMILES string of the molecule is CCCCc1ccc(N(c2ccc(CCCC)cc2)c2ccc(C(C)(C)c3ccc(C(C)(C)c4ccc(N(c5ccc(CCCC)cc5)c5ccc(CCCC)cc5)cc4)cc3)cc2)cc1. The third kappa shape index (κ3) is 11.6. The van der Waals surface area contributed by atoms with Crippen LogP contribution in [0.5, 0.6) is 0 Å². The number of rotatable bonds is 22. The first-order chi connectivity index (χ1) is 32.0. The summed E-state index contributed by atoms with van der Waals surface area (Å²) in [4.78, 5) is 4.81. The van der Waals surface area contributed by atoms with Gasteiger partial charge >= 0.3 is 0 Å². The molecule has 0 aliphatic carbocycles. The minimum absolute atomic E-state index is 0.179. The maximum absolute atomic E-state index is 2.40. The molecule has 0 N–H and O–H groups in total. The van der Waals surface area contributed by atoms with Crippen LogP contribution >= 0.6 is 0 Å². The van der Waals surface area contributed by atoms with Gasteiger partial charge in [0, 0.05) is 45.0 Å². The molecule has 2 nitrogen and oxygen atoms in total. The minimum Gasteiger partial charge on any atom is -0.311 e. The fourth-order valence-electron chi connectivity index (χ4n) is 9.36. The van der Waals surface area contributed by atoms with E-state index in [1.54, 1.807) is 0 Å². The highest BCUT2D eigenvalue weighted by atomic mass is 15.1. The van der Waals surface area contributed by atoms with Crippen molar-refractivity contribution in [2.24, 2.45) is 0 Å². The second-order valence-electron chi connectivity index (χ2n) is 19.7. The van der Waals surface area contributed by atoms with Crippen LogP contribution < -0.4 is 9.80 Å². The van der Waals surface area contributed by atoms with Gasteiger partial charge in [0.2, 0.25) is 0 Å². The highest BCUT2D eigenvalue weighted by molar-refractivity contribution is 5.78. The highest BCUT2D eigenvalue weighted by Gasteiger charge is 2.27. The number of nitrogens with zero attached hydrogens (tertiary/aromatic N) is 2. The van der Waals surface area contributed by atoms with Crippen molar-refractivity contribution in [1.82, 2.24) is 0 Å². The molecule has 0 aliphatic heterocycles. The predicted octanol–water partition coefficient (Wildman–Crippen LogP) is 18.6. The van der Waals surface area contributed by atoms with Crippen molar-refractivity contribution < 1.29 is 0 Å². The molecule has 342 valence electrons. The van der Waals surface area contributed by atoms with Crippen LogP contribution in [0.15, 0.2) is 170 Å². The topological polar surface area (TPSA) is 6.48 Å². The molecule has 0 aromatic heterocycles. The average molecular weight is 873 g/mol. The molecule has 0 saturated heterocycles. The molecule has 2 heteroatoms. The van der Waals surface area contributed by atoms with Crippen molar-refractivity contribution in [2.45, 2.75) is 143 Å². The minimum atomic E-state index is -0.179. The lowest BCUT2D eigenvalue weighted by Crippen LogP contribution is -2.22. The van der Waals surface area contributed by atoms with Crippen molar-refractivity contribution in [3.8, 4) is 0 Å². The molecule has 0 atom stereocenters. The Kier molecular flexibility index (Phi) is 16.4. The Morgan fingerprint density at radius 2 is 0.424 bits per heavy atom. The van der Waals surface area contributed by atoms with E-state index in [-0.39, 0.29) is 10.8 Å². The third-order valence-electron chi connectivity index (χ3n) is 14.1. The van der Waals surface area contributed by atoms with Gasteiger partial charge in [0.1, 0.15) is 0 Å². The zero-order valence-corrected chi connectivity index (χ0v) is 41.5. The molecule has 7 aromatic rings. The molecule has 7 aromatic carbocycles. The van der Waals surface area contributed by atoms with Gasteiger partial charge in [0.15, 0.2) is 0 Å². The van der Waals surface area contributed by atoms with Crippen LogP contribution in [0.4, 0.5) is 34.1 Å². The first kappa shape index (κ1) is 48.1. The van der Waals surface area contributed by atoms with Crippen LogP contribution in [0.2, 0.25) is 0 Å². The van der Waals surface area contributed by atoms with Gasteiger partial charge in [-0.1, -0.05) is 178 Å². The first-order valence-electron chi connectivity index (χ1n) is 25.3. The molecule has 0 aliphatic rings. The van der Waals surface area contributed by atoms with Crippen molar-refractivity contribution in [3.63, 3.8) is 0 Å². The molecule has 0 spiro atoms. The van der Waals surface area contributed by atoms with Gasteiger partial charge in [-0.25, -0.2) is 0 Å². The van der Waals surface area contributed by atoms with E-state index >= 15 is 0 Å². The normalized spacial score (nSPS) is 11.8. The van der Waals surface area contributed by atoms with E-state index in [4.69, 9.17) is 0 Å². The summed E-state index contributed by atoms with van der Waals surface area (Å²) in [6, 6.07) is 64.8. The Morgan fingerprint density at radius 3 is 0.606 bits per heavy atom. The smallest absolute Gasteiger partial charge is 0.0461 e. The van der Waals surface area contributed by atoms with Gasteiger partial charge < -0.3 is 9.80 Å². The van der Waals surface area contributed by atoms with E-state index in [1.807, 2.05) is 0 Å². The molecule has 0 unspecified atom stereocenters. The molecule has 0 heterocycles. The van der Waals surface area contributed by atoms with Gasteiger partial charge in [-0.05, 0) is 169 Å². The number of benzene rings is 7. The Labute approximate surface area is 399 Å². The zero-order chi connectivity index (χ0) is 46.5. The number of anilines is 6. The van der Waals surface area contributed by atoms with Crippen LogP contribution in [0.1, 0.15) is 151 Å². The van der Waals surface area contributed by atoms with Crippen molar-refractivity contribution >= 4 is 34.1 Å². The van der Waals surface area contributed by atoms with Crippen molar-refractivity contribution in [2.75, 3.05) is 9.80 Å². The molecule has 0 radical (unpaired) electrons.